The van der Waals surface area contributed by atoms with Gasteiger partial charge in [-0.15, -0.1) is 0 Å². The third-order valence-corrected chi connectivity index (χ3v) is 10.8. The Morgan fingerprint density at radius 3 is 2.43 bits per heavy atom. The molecule has 30 heavy (non-hydrogen) atoms. The molecular formula is C27H40O3. The number of phenols is 1. The van der Waals surface area contributed by atoms with E-state index in [1.54, 1.807) is 0 Å². The number of fused-ring (bicyclic) bond motifs is 5. The lowest BCUT2D eigenvalue weighted by Gasteiger charge is -2.69. The molecule has 1 heterocycles. The lowest BCUT2D eigenvalue weighted by atomic mass is 9.37. The van der Waals surface area contributed by atoms with E-state index in [-0.39, 0.29) is 27.9 Å². The van der Waals surface area contributed by atoms with Crippen molar-refractivity contribution in [2.75, 3.05) is 0 Å². The molecule has 1 aromatic carbocycles. The highest BCUT2D eigenvalue weighted by Crippen LogP contribution is 2.71. The zero-order valence-electron chi connectivity index (χ0n) is 19.7. The van der Waals surface area contributed by atoms with Crippen LogP contribution in [-0.2, 0) is 6.42 Å². The summed E-state index contributed by atoms with van der Waals surface area (Å²) < 4.78 is 7.04. The van der Waals surface area contributed by atoms with Gasteiger partial charge in [0.25, 0.3) is 0 Å². The van der Waals surface area contributed by atoms with Crippen LogP contribution in [0.2, 0.25) is 0 Å². The second kappa shape index (κ2) is 6.18. The van der Waals surface area contributed by atoms with E-state index in [1.807, 2.05) is 12.1 Å². The van der Waals surface area contributed by atoms with E-state index in [4.69, 9.17) is 4.74 Å². The molecule has 0 aromatic heterocycles. The second-order valence-electron chi connectivity index (χ2n) is 12.3. The number of aryl methyl sites for hydroxylation is 1. The first-order valence-electron chi connectivity index (χ1n) is 12.2. The molecule has 3 aliphatic carbocycles. The number of hydrogen-bond acceptors (Lipinski definition) is 3. The number of aliphatic hydroxyl groups is 1. The molecule has 0 amide bonds. The van der Waals surface area contributed by atoms with Gasteiger partial charge >= 0.3 is 0 Å². The molecule has 1 unspecified atom stereocenters. The summed E-state index contributed by atoms with van der Waals surface area (Å²) in [5, 5.41) is 21.0. The molecule has 0 bridgehead atoms. The molecule has 7 atom stereocenters. The predicted octanol–water partition coefficient (Wildman–Crippen LogP) is 6.02. The van der Waals surface area contributed by atoms with Gasteiger partial charge in [0, 0.05) is 17.4 Å². The van der Waals surface area contributed by atoms with Crippen LogP contribution in [-0.4, -0.2) is 21.9 Å². The van der Waals surface area contributed by atoms with Crippen LogP contribution in [0.1, 0.15) is 84.3 Å². The van der Waals surface area contributed by atoms with Gasteiger partial charge in [0.1, 0.15) is 17.1 Å². The summed E-state index contributed by atoms with van der Waals surface area (Å²) in [6, 6.07) is 3.78. The highest BCUT2D eigenvalue weighted by molar-refractivity contribution is 5.51. The fourth-order valence-corrected chi connectivity index (χ4v) is 9.11. The van der Waals surface area contributed by atoms with Crippen LogP contribution in [0.25, 0.3) is 0 Å². The van der Waals surface area contributed by atoms with Gasteiger partial charge in [-0.3, -0.25) is 0 Å². The average molecular weight is 413 g/mol. The summed E-state index contributed by atoms with van der Waals surface area (Å²) in [7, 11) is 0. The third kappa shape index (κ3) is 2.36. The van der Waals surface area contributed by atoms with Crippen molar-refractivity contribution in [3.05, 3.63) is 23.3 Å². The lowest BCUT2D eigenvalue weighted by molar-refractivity contribution is -0.238. The number of ether oxygens (including phenoxy) is 1. The van der Waals surface area contributed by atoms with Gasteiger partial charge in [-0.2, -0.15) is 0 Å². The maximum absolute atomic E-state index is 10.8. The Morgan fingerprint density at radius 2 is 1.70 bits per heavy atom. The molecule has 1 spiro atoms. The molecule has 3 saturated carbocycles. The number of hydrogen-bond donors (Lipinski definition) is 2. The van der Waals surface area contributed by atoms with E-state index in [9.17, 15) is 10.2 Å². The SMILES string of the molecule is Cc1cc(O)cc2c1O[C@@]1(C2)[C@@H](C)CC[C@@H]2[C@@]3(C)CCC(O)C(C)(C)[C@@H]3CC[C@]21C. The van der Waals surface area contributed by atoms with Gasteiger partial charge < -0.3 is 14.9 Å². The largest absolute Gasteiger partial charge is 0.508 e. The van der Waals surface area contributed by atoms with Crippen molar-refractivity contribution in [2.24, 2.45) is 34.0 Å². The van der Waals surface area contributed by atoms with E-state index >= 15 is 0 Å². The smallest absolute Gasteiger partial charge is 0.126 e. The Labute approximate surface area is 182 Å². The molecule has 3 nitrogen and oxygen atoms in total. The zero-order valence-corrected chi connectivity index (χ0v) is 19.7. The quantitative estimate of drug-likeness (QED) is 0.547. The van der Waals surface area contributed by atoms with Crippen LogP contribution in [0.3, 0.4) is 0 Å². The van der Waals surface area contributed by atoms with Crippen LogP contribution in [0.5, 0.6) is 11.5 Å². The Balaban J connectivity index is 1.59. The first kappa shape index (κ1) is 20.7. The first-order valence-corrected chi connectivity index (χ1v) is 12.2. The fourth-order valence-electron chi connectivity index (χ4n) is 9.11. The van der Waals surface area contributed by atoms with Crippen molar-refractivity contribution in [3.63, 3.8) is 0 Å². The molecular weight excluding hydrogens is 372 g/mol. The van der Waals surface area contributed by atoms with E-state index in [0.29, 0.717) is 23.5 Å². The summed E-state index contributed by atoms with van der Waals surface area (Å²) in [5.41, 5.74) is 2.39. The summed E-state index contributed by atoms with van der Waals surface area (Å²) in [6.45, 7) is 14.1. The van der Waals surface area contributed by atoms with E-state index < -0.39 is 0 Å². The topological polar surface area (TPSA) is 49.7 Å². The summed E-state index contributed by atoms with van der Waals surface area (Å²) >= 11 is 0. The van der Waals surface area contributed by atoms with Gasteiger partial charge in [-0.25, -0.2) is 0 Å². The minimum absolute atomic E-state index is 0.0214. The summed E-state index contributed by atoms with van der Waals surface area (Å²) in [6.07, 6.45) is 7.58. The minimum atomic E-state index is -0.189. The predicted molar refractivity (Wildman–Crippen MR) is 120 cm³/mol. The van der Waals surface area contributed by atoms with E-state index in [2.05, 4.69) is 41.5 Å². The van der Waals surface area contributed by atoms with Gasteiger partial charge in [0.2, 0.25) is 0 Å². The van der Waals surface area contributed by atoms with Gasteiger partial charge in [0.05, 0.1) is 6.10 Å². The van der Waals surface area contributed by atoms with Crippen molar-refractivity contribution < 1.29 is 14.9 Å². The summed E-state index contributed by atoms with van der Waals surface area (Å²) in [5.74, 6) is 3.04. The van der Waals surface area contributed by atoms with Gasteiger partial charge in [-0.1, -0.05) is 34.6 Å². The highest BCUT2D eigenvalue weighted by Gasteiger charge is 2.69. The van der Waals surface area contributed by atoms with Crippen molar-refractivity contribution in [1.29, 1.82) is 0 Å². The number of rotatable bonds is 0. The average Bonchev–Trinajstić information content (AvgIpc) is 3.05. The standard InChI is InChI=1S/C27H40O3/c1-16-13-19(28)14-18-15-27(30-23(16)18)17(2)7-8-21-25(5)11-10-22(29)24(3,4)20(25)9-12-26(21,27)6/h13-14,17,20-22,28-29H,7-12,15H2,1-6H3/t17-,20-,21+,22?,25-,26+,27-/m0/s1. The van der Waals surface area contributed by atoms with Crippen molar-refractivity contribution in [2.45, 2.75) is 98.2 Å². The van der Waals surface area contributed by atoms with Crippen LogP contribution in [0, 0.1) is 40.9 Å². The minimum Gasteiger partial charge on any atom is -0.508 e. The van der Waals surface area contributed by atoms with Crippen molar-refractivity contribution in [3.8, 4) is 11.5 Å². The molecule has 0 radical (unpaired) electrons. The van der Waals surface area contributed by atoms with Gasteiger partial charge in [0.15, 0.2) is 0 Å². The molecule has 5 rings (SSSR count). The zero-order chi connectivity index (χ0) is 21.7. The molecule has 3 heteroatoms. The van der Waals surface area contributed by atoms with Crippen LogP contribution < -0.4 is 4.74 Å². The van der Waals surface area contributed by atoms with Crippen LogP contribution in [0.4, 0.5) is 0 Å². The molecule has 3 fully saturated rings. The Bertz CT molecular complexity index is 875. The van der Waals surface area contributed by atoms with Gasteiger partial charge in [-0.05, 0) is 91.7 Å². The number of aromatic hydroxyl groups is 1. The second-order valence-corrected chi connectivity index (χ2v) is 12.3. The van der Waals surface area contributed by atoms with E-state index in [1.165, 1.54) is 24.8 Å². The Hall–Kier alpha value is -1.22. The number of benzene rings is 1. The normalized spacial score (nSPS) is 46.6. The summed E-state index contributed by atoms with van der Waals surface area (Å²) in [4.78, 5) is 0. The highest BCUT2D eigenvalue weighted by atomic mass is 16.5. The molecule has 166 valence electrons. The lowest BCUT2D eigenvalue weighted by Crippen LogP contribution is -2.68. The Kier molecular flexibility index (Phi) is 4.26. The number of aliphatic hydroxyl groups excluding tert-OH is 1. The maximum atomic E-state index is 10.8. The Morgan fingerprint density at radius 1 is 0.967 bits per heavy atom. The maximum Gasteiger partial charge on any atom is 0.126 e. The fraction of sp³-hybridized carbons (Fsp3) is 0.778. The molecule has 2 N–H and O–H groups in total. The van der Waals surface area contributed by atoms with Crippen molar-refractivity contribution >= 4 is 0 Å². The first-order chi connectivity index (χ1) is 14.0. The number of phenolic OH excluding ortho intramolecular Hbond substituents is 1. The monoisotopic (exact) mass is 412 g/mol. The van der Waals surface area contributed by atoms with Crippen LogP contribution >= 0.6 is 0 Å². The molecule has 1 aromatic rings. The van der Waals surface area contributed by atoms with Crippen molar-refractivity contribution in [1.82, 2.24) is 0 Å². The third-order valence-electron chi connectivity index (χ3n) is 10.8. The molecule has 1 aliphatic heterocycles. The van der Waals surface area contributed by atoms with Crippen LogP contribution in [0.15, 0.2) is 12.1 Å². The molecule has 0 saturated heterocycles. The molecule has 4 aliphatic rings. The van der Waals surface area contributed by atoms with E-state index in [0.717, 1.165) is 37.0 Å².